The van der Waals surface area contributed by atoms with Gasteiger partial charge in [-0.25, -0.2) is 13.8 Å². The van der Waals surface area contributed by atoms with E-state index in [2.05, 4.69) is 15.6 Å². The highest BCUT2D eigenvalue weighted by Crippen LogP contribution is 2.35. The maximum Gasteiger partial charge on any atom is 0.270 e. The number of carbonyl (C=O) groups is 1. The standard InChI is InChI=1S/C21H17ClF2N4O/c22-15-7-3-5-13(11-15)20-26-18(16-8-1-2-10-28(16)20)21(29)27-17(19(23)24)14-6-4-9-25-12-14/h1-12,17,19-20,26H,(H,27,29)/p+1. The minimum absolute atomic E-state index is 0.223. The zero-order valence-corrected chi connectivity index (χ0v) is 15.9. The summed E-state index contributed by atoms with van der Waals surface area (Å²) in [5, 5.41) is 6.17. The van der Waals surface area contributed by atoms with Crippen LogP contribution in [0.3, 0.4) is 0 Å². The lowest BCUT2D eigenvalue weighted by Crippen LogP contribution is -2.37. The number of carbonyl (C=O) groups excluding carboxylic acids is 1. The summed E-state index contributed by atoms with van der Waals surface area (Å²) < 4.78 is 27.3. The largest absolute Gasteiger partial charge is 0.355 e. The summed E-state index contributed by atoms with van der Waals surface area (Å²) in [7, 11) is 0. The average molecular weight is 416 g/mol. The topological polar surface area (TPSA) is 58.5 Å². The molecule has 1 aromatic carbocycles. The maximum atomic E-state index is 13.6. The first kappa shape index (κ1) is 19.1. The van der Waals surface area contributed by atoms with Crippen molar-refractivity contribution in [1.82, 2.24) is 15.5 Å². The van der Waals surface area contributed by atoms with Gasteiger partial charge in [0.25, 0.3) is 12.3 Å². The zero-order valence-electron chi connectivity index (χ0n) is 15.1. The van der Waals surface area contributed by atoms with E-state index in [1.807, 2.05) is 29.3 Å². The molecule has 4 rings (SSSR count). The van der Waals surface area contributed by atoms with E-state index in [4.69, 9.17) is 11.6 Å². The van der Waals surface area contributed by atoms with Crippen LogP contribution in [0.5, 0.6) is 0 Å². The molecule has 2 aromatic rings. The minimum Gasteiger partial charge on any atom is -0.355 e. The van der Waals surface area contributed by atoms with Gasteiger partial charge in [0.2, 0.25) is 0 Å². The van der Waals surface area contributed by atoms with Crippen molar-refractivity contribution in [3.63, 3.8) is 0 Å². The molecule has 0 saturated carbocycles. The van der Waals surface area contributed by atoms with Crippen LogP contribution in [0.4, 0.5) is 8.78 Å². The molecule has 8 heteroatoms. The highest BCUT2D eigenvalue weighted by atomic mass is 35.5. The predicted octanol–water partition coefficient (Wildman–Crippen LogP) is 3.48. The normalized spacial score (nSPS) is 18.6. The SMILES string of the molecule is O=C(NC(c1ccc[nH+]c1)C(F)F)C1=C2C=CC=CN2C(c2cccc(Cl)c2)N1. The number of hydrogen-bond acceptors (Lipinski definition) is 3. The summed E-state index contributed by atoms with van der Waals surface area (Å²) in [4.78, 5) is 17.6. The molecule has 5 nitrogen and oxygen atoms in total. The number of rotatable bonds is 5. The first-order valence-corrected chi connectivity index (χ1v) is 9.37. The van der Waals surface area contributed by atoms with Crippen molar-refractivity contribution in [2.45, 2.75) is 18.6 Å². The van der Waals surface area contributed by atoms with E-state index in [-0.39, 0.29) is 11.9 Å². The van der Waals surface area contributed by atoms with Crippen LogP contribution >= 0.6 is 11.6 Å². The van der Waals surface area contributed by atoms with Crippen LogP contribution in [0.1, 0.15) is 23.3 Å². The minimum atomic E-state index is -2.76. The molecule has 2 unspecified atom stereocenters. The van der Waals surface area contributed by atoms with Gasteiger partial charge in [-0.1, -0.05) is 29.8 Å². The lowest BCUT2D eigenvalue weighted by atomic mass is 10.1. The Morgan fingerprint density at radius 3 is 2.83 bits per heavy atom. The molecule has 2 atom stereocenters. The fourth-order valence-electron chi connectivity index (χ4n) is 3.38. The summed E-state index contributed by atoms with van der Waals surface area (Å²) in [5.74, 6) is -0.608. The van der Waals surface area contributed by atoms with Gasteiger partial charge in [0.05, 0.1) is 5.70 Å². The van der Waals surface area contributed by atoms with E-state index in [0.29, 0.717) is 16.3 Å². The van der Waals surface area contributed by atoms with Crippen molar-refractivity contribution in [2.75, 3.05) is 0 Å². The van der Waals surface area contributed by atoms with Gasteiger partial charge in [0, 0.05) is 22.9 Å². The Balaban J connectivity index is 1.62. The second kappa shape index (κ2) is 8.05. The second-order valence-corrected chi connectivity index (χ2v) is 7.03. The third-order valence-corrected chi connectivity index (χ3v) is 4.96. The van der Waals surface area contributed by atoms with E-state index in [9.17, 15) is 13.6 Å². The van der Waals surface area contributed by atoms with Gasteiger partial charge in [0.15, 0.2) is 12.4 Å². The van der Waals surface area contributed by atoms with Crippen molar-refractivity contribution >= 4 is 17.5 Å². The molecule has 0 saturated heterocycles. The second-order valence-electron chi connectivity index (χ2n) is 6.59. The molecule has 148 valence electrons. The number of pyridine rings is 1. The Hall–Kier alpha value is -3.19. The van der Waals surface area contributed by atoms with Gasteiger partial charge in [0.1, 0.15) is 17.9 Å². The first-order chi connectivity index (χ1) is 14.0. The summed E-state index contributed by atoms with van der Waals surface area (Å²) in [6, 6.07) is 8.98. The van der Waals surface area contributed by atoms with Gasteiger partial charge in [-0.05, 0) is 35.9 Å². The molecule has 0 aliphatic carbocycles. The Morgan fingerprint density at radius 2 is 2.10 bits per heavy atom. The molecule has 1 aromatic heterocycles. The third-order valence-electron chi connectivity index (χ3n) is 4.73. The van der Waals surface area contributed by atoms with Crippen molar-refractivity contribution in [2.24, 2.45) is 0 Å². The molecule has 0 radical (unpaired) electrons. The van der Waals surface area contributed by atoms with Crippen molar-refractivity contribution in [3.05, 3.63) is 101 Å². The number of allylic oxidation sites excluding steroid dienone is 3. The Morgan fingerprint density at radius 1 is 1.24 bits per heavy atom. The summed E-state index contributed by atoms with van der Waals surface area (Å²) in [6.07, 6.45) is 7.14. The van der Waals surface area contributed by atoms with Crippen molar-refractivity contribution in [1.29, 1.82) is 0 Å². The number of H-pyrrole nitrogens is 1. The number of nitrogens with one attached hydrogen (secondary N) is 3. The number of fused-ring (bicyclic) bond motifs is 1. The summed E-state index contributed by atoms with van der Waals surface area (Å²) in [5.41, 5.74) is 1.96. The number of nitrogens with zero attached hydrogens (tertiary/aromatic N) is 1. The first-order valence-electron chi connectivity index (χ1n) is 8.99. The van der Waals surface area contributed by atoms with Crippen LogP contribution < -0.4 is 15.6 Å². The van der Waals surface area contributed by atoms with Crippen LogP contribution in [0.15, 0.2) is 84.6 Å². The molecule has 0 fully saturated rings. The predicted molar refractivity (Wildman–Crippen MR) is 104 cm³/mol. The van der Waals surface area contributed by atoms with Crippen LogP contribution in [-0.2, 0) is 4.79 Å². The molecule has 2 aliphatic heterocycles. The van der Waals surface area contributed by atoms with E-state index >= 15 is 0 Å². The number of aromatic nitrogens is 1. The maximum absolute atomic E-state index is 13.6. The zero-order chi connectivity index (χ0) is 20.4. The molecule has 3 N–H and O–H groups in total. The number of amides is 1. The molecule has 1 amide bonds. The Kier molecular flexibility index (Phi) is 5.31. The molecule has 0 bridgehead atoms. The number of halogens is 3. The van der Waals surface area contributed by atoms with Crippen LogP contribution in [0.25, 0.3) is 0 Å². The van der Waals surface area contributed by atoms with Gasteiger partial charge in [-0.2, -0.15) is 0 Å². The molecular formula is C21H18ClF2N4O+. The van der Waals surface area contributed by atoms with Gasteiger partial charge >= 0.3 is 0 Å². The summed E-state index contributed by atoms with van der Waals surface area (Å²) in [6.45, 7) is 0. The van der Waals surface area contributed by atoms with E-state index in [0.717, 1.165) is 5.56 Å². The van der Waals surface area contributed by atoms with E-state index < -0.39 is 18.4 Å². The van der Waals surface area contributed by atoms with Crippen LogP contribution in [0.2, 0.25) is 5.02 Å². The fraction of sp³-hybridized carbons (Fsp3) is 0.143. The molecule has 29 heavy (non-hydrogen) atoms. The molecule has 3 heterocycles. The Labute approximate surface area is 171 Å². The number of aromatic amines is 1. The van der Waals surface area contributed by atoms with Crippen molar-refractivity contribution < 1.29 is 18.6 Å². The van der Waals surface area contributed by atoms with Gasteiger partial charge in [-0.15, -0.1) is 0 Å². The smallest absolute Gasteiger partial charge is 0.270 e. The fourth-order valence-corrected chi connectivity index (χ4v) is 3.58. The highest BCUT2D eigenvalue weighted by molar-refractivity contribution is 6.30. The van der Waals surface area contributed by atoms with Crippen molar-refractivity contribution in [3.8, 4) is 0 Å². The Bertz CT molecular complexity index is 1010. The van der Waals surface area contributed by atoms with Crippen LogP contribution in [-0.4, -0.2) is 17.2 Å². The van der Waals surface area contributed by atoms with E-state index in [1.165, 1.54) is 12.3 Å². The third kappa shape index (κ3) is 3.86. The number of hydrogen-bond donors (Lipinski definition) is 2. The molecule has 0 spiro atoms. The van der Waals surface area contributed by atoms with Gasteiger partial charge < -0.3 is 15.5 Å². The van der Waals surface area contributed by atoms with Gasteiger partial charge in [-0.3, -0.25) is 4.79 Å². The van der Waals surface area contributed by atoms with E-state index in [1.54, 1.807) is 36.5 Å². The lowest BCUT2D eigenvalue weighted by Gasteiger charge is -2.26. The quantitative estimate of drug-likeness (QED) is 0.786. The molecule has 2 aliphatic rings. The summed E-state index contributed by atoms with van der Waals surface area (Å²) >= 11 is 6.11. The average Bonchev–Trinajstić information content (AvgIpc) is 3.12. The highest BCUT2D eigenvalue weighted by Gasteiger charge is 2.36. The lowest BCUT2D eigenvalue weighted by molar-refractivity contribution is -0.379. The monoisotopic (exact) mass is 415 g/mol. The number of benzene rings is 1. The number of alkyl halides is 2. The van der Waals surface area contributed by atoms with Crippen LogP contribution in [0, 0.1) is 0 Å². The molecular weight excluding hydrogens is 398 g/mol.